The monoisotopic (exact) mass is 214 g/mol. The predicted molar refractivity (Wildman–Crippen MR) is 58.0 cm³/mol. The zero-order chi connectivity index (χ0) is 10.6. The standard InChI is InChI=1S/C11H15ClO2/c1-3-14-11-5-4-9(6-8(11)2)10(13)7-12/h4-6,10,13H,3,7H2,1-2H3. The van der Waals surface area contributed by atoms with Gasteiger partial charge in [-0.25, -0.2) is 0 Å². The van der Waals surface area contributed by atoms with Gasteiger partial charge in [0.2, 0.25) is 0 Å². The lowest BCUT2D eigenvalue weighted by molar-refractivity contribution is 0.202. The lowest BCUT2D eigenvalue weighted by atomic mass is 10.1. The number of aliphatic hydroxyl groups is 1. The van der Waals surface area contributed by atoms with E-state index in [2.05, 4.69) is 0 Å². The van der Waals surface area contributed by atoms with Crippen molar-refractivity contribution in [3.8, 4) is 5.75 Å². The Labute approximate surface area is 89.5 Å². The molecular formula is C11H15ClO2. The quantitative estimate of drug-likeness (QED) is 0.781. The van der Waals surface area contributed by atoms with Gasteiger partial charge in [-0.3, -0.25) is 0 Å². The maximum absolute atomic E-state index is 9.50. The topological polar surface area (TPSA) is 29.5 Å². The molecule has 14 heavy (non-hydrogen) atoms. The Kier molecular flexibility index (Phi) is 4.23. The van der Waals surface area contributed by atoms with Gasteiger partial charge < -0.3 is 9.84 Å². The third-order valence-corrected chi connectivity index (χ3v) is 2.32. The SMILES string of the molecule is CCOc1ccc(C(O)CCl)cc1C. The second kappa shape index (κ2) is 5.23. The highest BCUT2D eigenvalue weighted by Crippen LogP contribution is 2.23. The number of halogens is 1. The summed E-state index contributed by atoms with van der Waals surface area (Å²) in [4.78, 5) is 0. The minimum atomic E-state index is -0.592. The Hall–Kier alpha value is -0.730. The molecule has 0 aliphatic heterocycles. The molecule has 78 valence electrons. The molecular weight excluding hydrogens is 200 g/mol. The third-order valence-electron chi connectivity index (χ3n) is 2.03. The van der Waals surface area contributed by atoms with Crippen molar-refractivity contribution >= 4 is 11.6 Å². The molecule has 1 rings (SSSR count). The van der Waals surface area contributed by atoms with Crippen molar-refractivity contribution in [2.24, 2.45) is 0 Å². The number of alkyl halides is 1. The summed E-state index contributed by atoms with van der Waals surface area (Å²) in [7, 11) is 0. The van der Waals surface area contributed by atoms with Crippen molar-refractivity contribution in [2.75, 3.05) is 12.5 Å². The van der Waals surface area contributed by atoms with E-state index in [0.717, 1.165) is 16.9 Å². The predicted octanol–water partition coefficient (Wildman–Crippen LogP) is 2.67. The van der Waals surface area contributed by atoms with E-state index in [4.69, 9.17) is 16.3 Å². The first-order valence-electron chi connectivity index (χ1n) is 4.66. The van der Waals surface area contributed by atoms with E-state index in [0.29, 0.717) is 6.61 Å². The fourth-order valence-corrected chi connectivity index (χ4v) is 1.46. The molecule has 0 aliphatic rings. The minimum Gasteiger partial charge on any atom is -0.494 e. The van der Waals surface area contributed by atoms with E-state index in [-0.39, 0.29) is 5.88 Å². The summed E-state index contributed by atoms with van der Waals surface area (Å²) >= 11 is 5.56. The average Bonchev–Trinajstić information content (AvgIpc) is 2.20. The van der Waals surface area contributed by atoms with Gasteiger partial charge in [0.1, 0.15) is 5.75 Å². The Morgan fingerprint density at radius 1 is 1.50 bits per heavy atom. The number of benzene rings is 1. The summed E-state index contributed by atoms with van der Waals surface area (Å²) in [6.07, 6.45) is -0.592. The van der Waals surface area contributed by atoms with Crippen molar-refractivity contribution in [1.29, 1.82) is 0 Å². The van der Waals surface area contributed by atoms with Crippen molar-refractivity contribution in [2.45, 2.75) is 20.0 Å². The highest BCUT2D eigenvalue weighted by Gasteiger charge is 2.07. The van der Waals surface area contributed by atoms with Crippen LogP contribution in [0.2, 0.25) is 0 Å². The molecule has 0 amide bonds. The minimum absolute atomic E-state index is 0.216. The fourth-order valence-electron chi connectivity index (χ4n) is 1.29. The molecule has 0 fully saturated rings. The van der Waals surface area contributed by atoms with Gasteiger partial charge in [0, 0.05) is 0 Å². The number of rotatable bonds is 4. The molecule has 1 atom stereocenters. The summed E-state index contributed by atoms with van der Waals surface area (Å²) in [6.45, 7) is 4.55. The van der Waals surface area contributed by atoms with Crippen molar-refractivity contribution < 1.29 is 9.84 Å². The van der Waals surface area contributed by atoms with Crippen LogP contribution in [0.3, 0.4) is 0 Å². The number of ether oxygens (including phenoxy) is 1. The molecule has 1 N–H and O–H groups in total. The zero-order valence-electron chi connectivity index (χ0n) is 8.46. The second-order valence-corrected chi connectivity index (χ2v) is 3.44. The van der Waals surface area contributed by atoms with Crippen LogP contribution in [0, 0.1) is 6.92 Å². The summed E-state index contributed by atoms with van der Waals surface area (Å²) in [6, 6.07) is 5.60. The molecule has 0 heterocycles. The Balaban J connectivity index is 2.88. The van der Waals surface area contributed by atoms with Gasteiger partial charge in [-0.2, -0.15) is 0 Å². The number of hydrogen-bond donors (Lipinski definition) is 1. The second-order valence-electron chi connectivity index (χ2n) is 3.13. The normalized spacial score (nSPS) is 12.6. The van der Waals surface area contributed by atoms with Gasteiger partial charge in [-0.15, -0.1) is 11.6 Å². The van der Waals surface area contributed by atoms with Gasteiger partial charge in [-0.1, -0.05) is 6.07 Å². The first-order valence-corrected chi connectivity index (χ1v) is 5.19. The number of aliphatic hydroxyl groups excluding tert-OH is 1. The fraction of sp³-hybridized carbons (Fsp3) is 0.455. The Morgan fingerprint density at radius 2 is 2.21 bits per heavy atom. The third kappa shape index (κ3) is 2.63. The van der Waals surface area contributed by atoms with Gasteiger partial charge in [0.25, 0.3) is 0 Å². The summed E-state index contributed by atoms with van der Waals surface area (Å²) in [5.74, 6) is 1.07. The molecule has 2 nitrogen and oxygen atoms in total. The van der Waals surface area contributed by atoms with E-state index < -0.39 is 6.10 Å². The summed E-state index contributed by atoms with van der Waals surface area (Å²) in [5, 5.41) is 9.50. The van der Waals surface area contributed by atoms with E-state index in [1.54, 1.807) is 0 Å². The molecule has 3 heteroatoms. The summed E-state index contributed by atoms with van der Waals surface area (Å²) in [5.41, 5.74) is 1.86. The number of hydrogen-bond acceptors (Lipinski definition) is 2. The van der Waals surface area contributed by atoms with Gasteiger partial charge in [0.05, 0.1) is 18.6 Å². The van der Waals surface area contributed by atoms with Crippen LogP contribution < -0.4 is 4.74 Å². The molecule has 0 radical (unpaired) electrons. The van der Waals surface area contributed by atoms with Crippen LogP contribution >= 0.6 is 11.6 Å². The Morgan fingerprint density at radius 3 is 2.71 bits per heavy atom. The van der Waals surface area contributed by atoms with E-state index in [1.165, 1.54) is 0 Å². The van der Waals surface area contributed by atoms with Crippen LogP contribution in [-0.2, 0) is 0 Å². The first-order chi connectivity index (χ1) is 6.69. The zero-order valence-corrected chi connectivity index (χ0v) is 9.21. The Bertz CT molecular complexity index is 299. The van der Waals surface area contributed by atoms with Crippen LogP contribution in [0.5, 0.6) is 5.75 Å². The maximum atomic E-state index is 9.50. The lowest BCUT2D eigenvalue weighted by Gasteiger charge is -2.11. The van der Waals surface area contributed by atoms with Gasteiger partial charge in [0.15, 0.2) is 0 Å². The molecule has 1 aromatic rings. The molecule has 0 saturated carbocycles. The van der Waals surface area contributed by atoms with Crippen molar-refractivity contribution in [3.05, 3.63) is 29.3 Å². The molecule has 1 unspecified atom stereocenters. The van der Waals surface area contributed by atoms with Crippen LogP contribution in [-0.4, -0.2) is 17.6 Å². The molecule has 0 spiro atoms. The van der Waals surface area contributed by atoms with Crippen molar-refractivity contribution in [1.82, 2.24) is 0 Å². The molecule has 0 aliphatic carbocycles. The van der Waals surface area contributed by atoms with E-state index >= 15 is 0 Å². The lowest BCUT2D eigenvalue weighted by Crippen LogP contribution is -2.00. The molecule has 0 saturated heterocycles. The van der Waals surface area contributed by atoms with Crippen LogP contribution in [0.1, 0.15) is 24.2 Å². The average molecular weight is 215 g/mol. The number of aryl methyl sites for hydroxylation is 1. The molecule has 0 aromatic heterocycles. The van der Waals surface area contributed by atoms with Crippen LogP contribution in [0.25, 0.3) is 0 Å². The van der Waals surface area contributed by atoms with E-state index in [1.807, 2.05) is 32.0 Å². The molecule has 1 aromatic carbocycles. The van der Waals surface area contributed by atoms with Gasteiger partial charge >= 0.3 is 0 Å². The van der Waals surface area contributed by atoms with Crippen LogP contribution in [0.15, 0.2) is 18.2 Å². The van der Waals surface area contributed by atoms with Gasteiger partial charge in [-0.05, 0) is 37.1 Å². The highest BCUT2D eigenvalue weighted by molar-refractivity contribution is 6.18. The smallest absolute Gasteiger partial charge is 0.122 e. The highest BCUT2D eigenvalue weighted by atomic mass is 35.5. The summed E-state index contributed by atoms with van der Waals surface area (Å²) < 4.78 is 5.39. The first kappa shape index (κ1) is 11.3. The largest absolute Gasteiger partial charge is 0.494 e. The maximum Gasteiger partial charge on any atom is 0.122 e. The van der Waals surface area contributed by atoms with E-state index in [9.17, 15) is 5.11 Å². The van der Waals surface area contributed by atoms with Crippen LogP contribution in [0.4, 0.5) is 0 Å². The molecule has 0 bridgehead atoms. The van der Waals surface area contributed by atoms with Crippen molar-refractivity contribution in [3.63, 3.8) is 0 Å².